The largest absolute Gasteiger partial charge is 0.340 e. The summed E-state index contributed by atoms with van der Waals surface area (Å²) >= 11 is 1.70. The Kier molecular flexibility index (Phi) is 5.33. The molecule has 0 aliphatic carbocycles. The van der Waals surface area contributed by atoms with Gasteiger partial charge in [-0.2, -0.15) is 0 Å². The van der Waals surface area contributed by atoms with Crippen LogP contribution in [0.4, 0.5) is 0 Å². The second-order valence-corrected chi connectivity index (χ2v) is 9.13. The summed E-state index contributed by atoms with van der Waals surface area (Å²) in [6.07, 6.45) is 3.28. The SMILES string of the molecule is CC(C)c1nc(CN(C)C(=O)[C@@H]2C[C@H](c3ccccc3)N3CCC[C@@H]23)cs1. The molecule has 27 heavy (non-hydrogen) atoms. The van der Waals surface area contributed by atoms with Crippen molar-refractivity contribution in [3.05, 3.63) is 52.0 Å². The molecule has 2 aromatic rings. The van der Waals surface area contributed by atoms with Gasteiger partial charge in [-0.1, -0.05) is 44.2 Å². The molecule has 144 valence electrons. The lowest BCUT2D eigenvalue weighted by molar-refractivity contribution is -0.135. The molecule has 0 radical (unpaired) electrons. The van der Waals surface area contributed by atoms with Crippen LogP contribution in [0.5, 0.6) is 0 Å². The number of amides is 1. The number of fused-ring (bicyclic) bond motifs is 1. The zero-order chi connectivity index (χ0) is 19.0. The highest BCUT2D eigenvalue weighted by Crippen LogP contribution is 2.45. The molecule has 0 saturated carbocycles. The highest BCUT2D eigenvalue weighted by Gasteiger charge is 2.47. The van der Waals surface area contributed by atoms with Gasteiger partial charge in [0.05, 0.1) is 23.2 Å². The van der Waals surface area contributed by atoms with E-state index in [1.807, 2.05) is 11.9 Å². The maximum Gasteiger partial charge on any atom is 0.227 e. The van der Waals surface area contributed by atoms with E-state index >= 15 is 0 Å². The fraction of sp³-hybridized carbons (Fsp3) is 0.545. The van der Waals surface area contributed by atoms with Crippen molar-refractivity contribution in [2.45, 2.75) is 57.7 Å². The minimum absolute atomic E-state index is 0.103. The van der Waals surface area contributed by atoms with Crippen LogP contribution in [0.1, 0.15) is 61.3 Å². The molecule has 0 spiro atoms. The first-order valence-electron chi connectivity index (χ1n) is 10.0. The Bertz CT molecular complexity index is 788. The Hall–Kier alpha value is -1.72. The van der Waals surface area contributed by atoms with E-state index in [9.17, 15) is 4.79 Å². The Morgan fingerprint density at radius 1 is 1.33 bits per heavy atom. The zero-order valence-corrected chi connectivity index (χ0v) is 17.3. The molecule has 1 aromatic carbocycles. The molecule has 2 aliphatic rings. The maximum atomic E-state index is 13.3. The molecule has 4 nitrogen and oxygen atoms in total. The maximum absolute atomic E-state index is 13.3. The molecule has 1 aromatic heterocycles. The number of carbonyl (C=O) groups is 1. The Labute approximate surface area is 166 Å². The van der Waals surface area contributed by atoms with Gasteiger partial charge in [0.15, 0.2) is 0 Å². The van der Waals surface area contributed by atoms with Crippen molar-refractivity contribution in [2.75, 3.05) is 13.6 Å². The molecule has 4 rings (SSSR count). The van der Waals surface area contributed by atoms with Gasteiger partial charge in [0, 0.05) is 30.4 Å². The summed E-state index contributed by atoms with van der Waals surface area (Å²) in [7, 11) is 1.94. The minimum atomic E-state index is 0.103. The van der Waals surface area contributed by atoms with Gasteiger partial charge < -0.3 is 4.90 Å². The number of thiazole rings is 1. The summed E-state index contributed by atoms with van der Waals surface area (Å²) in [5, 5.41) is 3.25. The number of hydrogen-bond acceptors (Lipinski definition) is 4. The molecule has 2 fully saturated rings. The fourth-order valence-electron chi connectivity index (χ4n) is 4.70. The van der Waals surface area contributed by atoms with E-state index in [1.54, 1.807) is 11.3 Å². The van der Waals surface area contributed by atoms with Gasteiger partial charge in [0.25, 0.3) is 0 Å². The summed E-state index contributed by atoms with van der Waals surface area (Å²) in [6, 6.07) is 11.5. The van der Waals surface area contributed by atoms with Crippen LogP contribution in [0.2, 0.25) is 0 Å². The summed E-state index contributed by atoms with van der Waals surface area (Å²) in [5.41, 5.74) is 2.36. The first-order chi connectivity index (χ1) is 13.0. The average Bonchev–Trinajstić information content (AvgIpc) is 3.38. The summed E-state index contributed by atoms with van der Waals surface area (Å²) in [5.74, 6) is 0.827. The molecule has 0 unspecified atom stereocenters. The molecule has 3 atom stereocenters. The van der Waals surface area contributed by atoms with Gasteiger partial charge >= 0.3 is 0 Å². The fourth-order valence-corrected chi connectivity index (χ4v) is 5.53. The van der Waals surface area contributed by atoms with Crippen molar-refractivity contribution in [2.24, 2.45) is 5.92 Å². The van der Waals surface area contributed by atoms with Crippen molar-refractivity contribution >= 4 is 17.2 Å². The van der Waals surface area contributed by atoms with Crippen LogP contribution in [0.15, 0.2) is 35.7 Å². The lowest BCUT2D eigenvalue weighted by atomic mass is 9.93. The number of benzene rings is 1. The highest BCUT2D eigenvalue weighted by atomic mass is 32.1. The van der Waals surface area contributed by atoms with Crippen LogP contribution in [0.3, 0.4) is 0 Å². The zero-order valence-electron chi connectivity index (χ0n) is 16.5. The molecule has 1 amide bonds. The Morgan fingerprint density at radius 3 is 2.81 bits per heavy atom. The summed E-state index contributed by atoms with van der Waals surface area (Å²) < 4.78 is 0. The second kappa shape index (κ2) is 7.72. The summed E-state index contributed by atoms with van der Waals surface area (Å²) in [6.45, 7) is 6.05. The van der Waals surface area contributed by atoms with Crippen LogP contribution in [0, 0.1) is 5.92 Å². The predicted molar refractivity (Wildman–Crippen MR) is 110 cm³/mol. The lowest BCUT2D eigenvalue weighted by Gasteiger charge is -2.25. The van der Waals surface area contributed by atoms with Crippen LogP contribution in [-0.4, -0.2) is 40.3 Å². The van der Waals surface area contributed by atoms with Crippen molar-refractivity contribution in [3.8, 4) is 0 Å². The molecule has 0 bridgehead atoms. The third kappa shape index (κ3) is 3.67. The van der Waals surface area contributed by atoms with Gasteiger partial charge in [-0.05, 0) is 31.4 Å². The molecule has 0 N–H and O–H groups in total. The summed E-state index contributed by atoms with van der Waals surface area (Å²) in [4.78, 5) is 22.5. The van der Waals surface area contributed by atoms with E-state index in [4.69, 9.17) is 4.98 Å². The van der Waals surface area contributed by atoms with Crippen LogP contribution in [0.25, 0.3) is 0 Å². The number of aromatic nitrogens is 1. The standard InChI is InChI=1S/C22H29N3OS/c1-15(2)21-23-17(14-27-21)13-24(3)22(26)18-12-20(16-8-5-4-6-9-16)25-11-7-10-19(18)25/h4-6,8-9,14-15,18-20H,7,10-13H2,1-3H3/t18-,19+,20-/m1/s1. The first kappa shape index (κ1) is 18.6. The average molecular weight is 384 g/mol. The van der Waals surface area contributed by atoms with E-state index in [2.05, 4.69) is 54.5 Å². The van der Waals surface area contributed by atoms with Crippen LogP contribution < -0.4 is 0 Å². The van der Waals surface area contributed by atoms with E-state index in [1.165, 1.54) is 12.0 Å². The molecule has 5 heteroatoms. The van der Waals surface area contributed by atoms with Gasteiger partial charge in [0.1, 0.15) is 0 Å². The van der Waals surface area contributed by atoms with E-state index in [0.29, 0.717) is 24.5 Å². The quantitative estimate of drug-likeness (QED) is 0.765. The second-order valence-electron chi connectivity index (χ2n) is 8.24. The third-order valence-corrected chi connectivity index (χ3v) is 7.22. The molecule has 2 aliphatic heterocycles. The molecular weight excluding hydrogens is 354 g/mol. The smallest absolute Gasteiger partial charge is 0.227 e. The Balaban J connectivity index is 1.47. The van der Waals surface area contributed by atoms with E-state index in [-0.39, 0.29) is 11.8 Å². The topological polar surface area (TPSA) is 36.4 Å². The van der Waals surface area contributed by atoms with Gasteiger partial charge in [-0.15, -0.1) is 11.3 Å². The number of carbonyl (C=O) groups excluding carboxylic acids is 1. The first-order valence-corrected chi connectivity index (χ1v) is 10.9. The monoisotopic (exact) mass is 383 g/mol. The molecule has 2 saturated heterocycles. The predicted octanol–water partition coefficient (Wildman–Crippen LogP) is 4.45. The molecular formula is C22H29N3OS. The highest BCUT2D eigenvalue weighted by molar-refractivity contribution is 7.09. The van der Waals surface area contributed by atoms with Gasteiger partial charge in [0.2, 0.25) is 5.91 Å². The number of hydrogen-bond donors (Lipinski definition) is 0. The van der Waals surface area contributed by atoms with Crippen molar-refractivity contribution in [1.29, 1.82) is 0 Å². The van der Waals surface area contributed by atoms with Gasteiger partial charge in [-0.3, -0.25) is 9.69 Å². The van der Waals surface area contributed by atoms with E-state index < -0.39 is 0 Å². The normalized spacial score (nSPS) is 25.1. The Morgan fingerprint density at radius 2 is 2.11 bits per heavy atom. The van der Waals surface area contributed by atoms with E-state index in [0.717, 1.165) is 30.1 Å². The minimum Gasteiger partial charge on any atom is -0.340 e. The van der Waals surface area contributed by atoms with Crippen molar-refractivity contribution in [3.63, 3.8) is 0 Å². The van der Waals surface area contributed by atoms with Crippen LogP contribution >= 0.6 is 11.3 Å². The van der Waals surface area contributed by atoms with Crippen molar-refractivity contribution < 1.29 is 4.79 Å². The third-order valence-electron chi connectivity index (χ3n) is 6.02. The number of rotatable bonds is 5. The van der Waals surface area contributed by atoms with Crippen molar-refractivity contribution in [1.82, 2.24) is 14.8 Å². The lowest BCUT2D eigenvalue weighted by Crippen LogP contribution is -2.38. The molecule has 3 heterocycles. The number of nitrogens with zero attached hydrogens (tertiary/aromatic N) is 3. The van der Waals surface area contributed by atoms with Gasteiger partial charge in [-0.25, -0.2) is 4.98 Å². The van der Waals surface area contributed by atoms with Crippen LogP contribution in [-0.2, 0) is 11.3 Å².